The van der Waals surface area contributed by atoms with Crippen LogP contribution in [0, 0.1) is 0 Å². The fraction of sp³-hybridized carbons (Fsp3) is 0.600. The van der Waals surface area contributed by atoms with E-state index in [2.05, 4.69) is 39.3 Å². The zero-order chi connectivity index (χ0) is 24.5. The third-order valence-electron chi connectivity index (χ3n) is 6.20. The third kappa shape index (κ3) is 8.14. The monoisotopic (exact) mass is 487 g/mol. The first-order valence-electron chi connectivity index (χ1n) is 12.2. The van der Waals surface area contributed by atoms with E-state index in [9.17, 15) is 14.4 Å². The molecule has 34 heavy (non-hydrogen) atoms. The van der Waals surface area contributed by atoms with Crippen LogP contribution in [0.3, 0.4) is 0 Å². The second kappa shape index (κ2) is 12.9. The number of carbonyl (C=O) groups excluding carboxylic acids is 3. The van der Waals surface area contributed by atoms with Crippen LogP contribution in [0.2, 0.25) is 0 Å². The number of unbranched alkanes of at least 4 members (excludes halogenated alkanes) is 2. The maximum Gasteiger partial charge on any atom is 0.248 e. The lowest BCUT2D eigenvalue weighted by Crippen LogP contribution is -2.53. The van der Waals surface area contributed by atoms with Crippen LogP contribution in [-0.4, -0.2) is 77.2 Å². The molecule has 1 aromatic heterocycles. The number of nitrogens with zero attached hydrogens (tertiary/aromatic N) is 3. The summed E-state index contributed by atoms with van der Waals surface area (Å²) in [6, 6.07) is 7.61. The normalized spacial score (nSPS) is 16.0. The molecule has 0 aliphatic carbocycles. The van der Waals surface area contributed by atoms with Gasteiger partial charge in [-0.2, -0.15) is 0 Å². The molecule has 2 amide bonds. The first-order chi connectivity index (χ1) is 16.3. The van der Waals surface area contributed by atoms with Crippen LogP contribution in [0.5, 0.6) is 0 Å². The number of fused-ring (bicyclic) bond motifs is 1. The number of hydrogen-bond donors (Lipinski definition) is 2. The number of piperazine rings is 1. The van der Waals surface area contributed by atoms with E-state index in [1.165, 1.54) is 11.3 Å². The summed E-state index contributed by atoms with van der Waals surface area (Å²) in [5.41, 5.74) is 0.841. The highest BCUT2D eigenvalue weighted by Crippen LogP contribution is 2.25. The molecular formula is C25H37N5O3S. The van der Waals surface area contributed by atoms with Gasteiger partial charge in [0.15, 0.2) is 5.13 Å². The molecule has 2 N–H and O–H groups in total. The Morgan fingerprint density at radius 2 is 1.79 bits per heavy atom. The smallest absolute Gasteiger partial charge is 0.248 e. The molecule has 1 aliphatic heterocycles. The number of Topliss-reactive ketones (excluding diaryl/α,β-unsaturated/α-hetero) is 1. The summed E-state index contributed by atoms with van der Waals surface area (Å²) in [5.74, 6) is -0.203. The van der Waals surface area contributed by atoms with Crippen LogP contribution in [0.4, 0.5) is 5.13 Å². The summed E-state index contributed by atoms with van der Waals surface area (Å²) >= 11 is 1.42. The molecule has 2 heterocycles. The summed E-state index contributed by atoms with van der Waals surface area (Å²) < 4.78 is 1.00. The molecule has 186 valence electrons. The highest BCUT2D eigenvalue weighted by atomic mass is 32.1. The average molecular weight is 488 g/mol. The minimum Gasteiger partial charge on any atom is -0.343 e. The quantitative estimate of drug-likeness (QED) is 0.446. The van der Waals surface area contributed by atoms with Crippen molar-refractivity contribution in [3.05, 3.63) is 24.3 Å². The minimum atomic E-state index is -0.631. The van der Waals surface area contributed by atoms with E-state index in [4.69, 9.17) is 0 Å². The maximum absolute atomic E-state index is 13.1. The first-order valence-corrected chi connectivity index (χ1v) is 13.0. The van der Waals surface area contributed by atoms with Gasteiger partial charge in [0, 0.05) is 38.6 Å². The van der Waals surface area contributed by atoms with Gasteiger partial charge in [-0.1, -0.05) is 36.3 Å². The summed E-state index contributed by atoms with van der Waals surface area (Å²) in [6.45, 7) is 9.85. The molecular weight excluding hydrogens is 450 g/mol. The molecule has 3 rings (SSSR count). The van der Waals surface area contributed by atoms with Crippen molar-refractivity contribution < 1.29 is 14.4 Å². The second-order valence-corrected chi connectivity index (χ2v) is 10.3. The highest BCUT2D eigenvalue weighted by Gasteiger charge is 2.25. The fourth-order valence-corrected chi connectivity index (χ4v) is 5.04. The highest BCUT2D eigenvalue weighted by molar-refractivity contribution is 7.22. The molecule has 9 heteroatoms. The van der Waals surface area contributed by atoms with Gasteiger partial charge in [0.2, 0.25) is 11.8 Å². The van der Waals surface area contributed by atoms with Crippen LogP contribution >= 0.6 is 11.3 Å². The van der Waals surface area contributed by atoms with Crippen LogP contribution in [0.25, 0.3) is 10.2 Å². The number of carbonyl (C=O) groups is 3. The van der Waals surface area contributed by atoms with Crippen molar-refractivity contribution in [2.75, 3.05) is 38.0 Å². The Labute approximate surface area is 206 Å². The van der Waals surface area contributed by atoms with Crippen molar-refractivity contribution in [1.29, 1.82) is 0 Å². The predicted octanol–water partition coefficient (Wildman–Crippen LogP) is 3.29. The number of anilines is 1. The molecule has 2 aromatic rings. The van der Waals surface area contributed by atoms with E-state index in [0.717, 1.165) is 55.7 Å². The molecule has 1 aliphatic rings. The number of benzene rings is 1. The lowest BCUT2D eigenvalue weighted by Gasteiger charge is -2.36. The van der Waals surface area contributed by atoms with Gasteiger partial charge in [0.1, 0.15) is 11.8 Å². The lowest BCUT2D eigenvalue weighted by atomic mass is 10.1. The number of hydrogen-bond acceptors (Lipinski definition) is 7. The molecule has 0 radical (unpaired) electrons. The Morgan fingerprint density at radius 1 is 1.06 bits per heavy atom. The molecule has 1 fully saturated rings. The number of para-hydroxylation sites is 1. The van der Waals surface area contributed by atoms with E-state index in [-0.39, 0.29) is 17.6 Å². The third-order valence-corrected chi connectivity index (χ3v) is 7.15. The van der Waals surface area contributed by atoms with Crippen molar-refractivity contribution in [3.8, 4) is 0 Å². The SMILES string of the molecule is CC(=O)CCCCC[C@H](NC(=O)CN1CCN(C(C)C)CC1)C(=O)Nc1nc2ccccc2s1. The van der Waals surface area contributed by atoms with Gasteiger partial charge in [-0.25, -0.2) is 4.98 Å². The number of rotatable bonds is 12. The fourth-order valence-electron chi connectivity index (χ4n) is 4.17. The van der Waals surface area contributed by atoms with Crippen LogP contribution in [0.1, 0.15) is 52.9 Å². The van der Waals surface area contributed by atoms with Gasteiger partial charge < -0.3 is 15.4 Å². The predicted molar refractivity (Wildman–Crippen MR) is 137 cm³/mol. The molecule has 0 spiro atoms. The second-order valence-electron chi connectivity index (χ2n) is 9.30. The number of amides is 2. The van der Waals surface area contributed by atoms with Crippen molar-refractivity contribution in [2.24, 2.45) is 0 Å². The summed E-state index contributed by atoms with van der Waals surface area (Å²) in [6.07, 6.45) is 3.49. The first kappa shape index (κ1) is 26.2. The minimum absolute atomic E-state index is 0.133. The Bertz CT molecular complexity index is 935. The Balaban J connectivity index is 1.56. The number of aromatic nitrogens is 1. The zero-order valence-electron chi connectivity index (χ0n) is 20.5. The molecule has 1 atom stereocenters. The van der Waals surface area contributed by atoms with Crippen molar-refractivity contribution in [3.63, 3.8) is 0 Å². The van der Waals surface area contributed by atoms with Gasteiger partial charge in [0.25, 0.3) is 0 Å². The van der Waals surface area contributed by atoms with Crippen molar-refractivity contribution >= 4 is 44.3 Å². The van der Waals surface area contributed by atoms with Gasteiger partial charge >= 0.3 is 0 Å². The zero-order valence-corrected chi connectivity index (χ0v) is 21.3. The van der Waals surface area contributed by atoms with Crippen LogP contribution in [0.15, 0.2) is 24.3 Å². The molecule has 0 saturated carbocycles. The molecule has 0 unspecified atom stereocenters. The van der Waals surface area contributed by atoms with E-state index in [1.54, 1.807) is 6.92 Å². The average Bonchev–Trinajstić information content (AvgIpc) is 3.20. The van der Waals surface area contributed by atoms with E-state index in [1.807, 2.05) is 24.3 Å². The van der Waals surface area contributed by atoms with Gasteiger partial charge in [0.05, 0.1) is 16.8 Å². The van der Waals surface area contributed by atoms with Crippen LogP contribution < -0.4 is 10.6 Å². The largest absolute Gasteiger partial charge is 0.343 e. The summed E-state index contributed by atoms with van der Waals surface area (Å²) in [5, 5.41) is 6.39. The van der Waals surface area contributed by atoms with E-state index < -0.39 is 6.04 Å². The summed E-state index contributed by atoms with van der Waals surface area (Å²) in [4.78, 5) is 46.1. The Morgan fingerprint density at radius 3 is 2.47 bits per heavy atom. The molecule has 0 bridgehead atoms. The van der Waals surface area contributed by atoms with Gasteiger partial charge in [-0.3, -0.25) is 19.4 Å². The topological polar surface area (TPSA) is 94.6 Å². The maximum atomic E-state index is 13.1. The lowest BCUT2D eigenvalue weighted by molar-refractivity contribution is -0.127. The van der Waals surface area contributed by atoms with Gasteiger partial charge in [-0.05, 0) is 45.7 Å². The van der Waals surface area contributed by atoms with Crippen LogP contribution in [-0.2, 0) is 14.4 Å². The van der Waals surface area contributed by atoms with Crippen molar-refractivity contribution in [1.82, 2.24) is 20.1 Å². The number of ketones is 1. The van der Waals surface area contributed by atoms with E-state index >= 15 is 0 Å². The van der Waals surface area contributed by atoms with Gasteiger partial charge in [-0.15, -0.1) is 0 Å². The molecule has 1 aromatic carbocycles. The standard InChI is InChI=1S/C25H37N5O3S/c1-18(2)30-15-13-29(14-16-30)17-23(32)26-21(11-6-4-5-9-19(3)31)24(33)28-25-27-20-10-7-8-12-22(20)34-25/h7-8,10,12,18,21H,4-6,9,11,13-17H2,1-3H3,(H,26,32)(H,27,28,33)/t21-/m0/s1. The number of nitrogens with one attached hydrogen (secondary N) is 2. The Kier molecular flexibility index (Phi) is 9.98. The molecule has 1 saturated heterocycles. The van der Waals surface area contributed by atoms with Crippen molar-refractivity contribution in [2.45, 2.75) is 65.0 Å². The number of thiazole rings is 1. The molecule has 8 nitrogen and oxygen atoms in total. The Hall–Kier alpha value is -2.36. The van der Waals surface area contributed by atoms with E-state index in [0.29, 0.717) is 30.6 Å². The summed E-state index contributed by atoms with van der Waals surface area (Å²) in [7, 11) is 0.